The molecule has 0 amide bonds. The van der Waals surface area contributed by atoms with Gasteiger partial charge in [-0.1, -0.05) is 48.9 Å². The number of ether oxygens (including phenoxy) is 1. The Bertz CT molecular complexity index is 712. The van der Waals surface area contributed by atoms with Gasteiger partial charge in [0.2, 0.25) is 0 Å². The van der Waals surface area contributed by atoms with Crippen LogP contribution in [0, 0.1) is 12.8 Å². The van der Waals surface area contributed by atoms with Crippen LogP contribution >= 0.6 is 0 Å². The normalized spacial score (nSPS) is 27.0. The number of likely N-dealkylation sites (N-methyl/N-ethyl adjacent to an activating group) is 1. The summed E-state index contributed by atoms with van der Waals surface area (Å²) < 4.78 is 5.77. The smallest absolute Gasteiger partial charge is 0.122 e. The zero-order chi connectivity index (χ0) is 16.0. The van der Waals surface area contributed by atoms with Crippen LogP contribution in [0.15, 0.2) is 42.5 Å². The van der Waals surface area contributed by atoms with E-state index in [1.54, 1.807) is 0 Å². The number of aryl methyl sites for hydroxylation is 1. The Labute approximate surface area is 140 Å². The predicted molar refractivity (Wildman–Crippen MR) is 96.2 cm³/mol. The van der Waals surface area contributed by atoms with Gasteiger partial charge in [-0.3, -0.25) is 4.90 Å². The number of likely N-dealkylation sites (tertiary alicyclic amines) is 1. The standard InChI is InChI=1S/C21H25NO.H2/c1-14-4-6-17(7-5-14)21-15(2)19(13-22(21)3)18-9-8-16-10-11-23-20(16)12-18;/h4-9,12,15,19,21H,10-11,13H2,1-3H3;1H. The molecule has 0 spiro atoms. The molecule has 0 bridgehead atoms. The van der Waals surface area contributed by atoms with Crippen LogP contribution in [0.4, 0.5) is 0 Å². The van der Waals surface area contributed by atoms with Crippen molar-refractivity contribution < 1.29 is 6.16 Å². The van der Waals surface area contributed by atoms with E-state index < -0.39 is 0 Å². The van der Waals surface area contributed by atoms with Crippen LogP contribution in [0.25, 0.3) is 0 Å². The van der Waals surface area contributed by atoms with Gasteiger partial charge in [-0.25, -0.2) is 0 Å². The second-order valence-electron chi connectivity index (χ2n) is 7.23. The summed E-state index contributed by atoms with van der Waals surface area (Å²) in [7, 11) is 2.25. The molecule has 0 aliphatic carbocycles. The van der Waals surface area contributed by atoms with E-state index in [4.69, 9.17) is 4.74 Å². The number of benzene rings is 2. The van der Waals surface area contributed by atoms with Crippen LogP contribution in [0.3, 0.4) is 0 Å². The van der Waals surface area contributed by atoms with Crippen molar-refractivity contribution in [2.75, 3.05) is 20.2 Å². The fourth-order valence-corrected chi connectivity index (χ4v) is 4.36. The lowest BCUT2D eigenvalue weighted by Crippen LogP contribution is -2.20. The molecule has 1 saturated heterocycles. The highest BCUT2D eigenvalue weighted by Gasteiger charge is 2.38. The Balaban J connectivity index is 0.00000169. The Hall–Kier alpha value is -1.80. The molecule has 1 fully saturated rings. The van der Waals surface area contributed by atoms with E-state index in [0.29, 0.717) is 17.9 Å². The molecule has 2 heterocycles. The molecule has 23 heavy (non-hydrogen) atoms. The third-order valence-electron chi connectivity index (χ3n) is 5.66. The predicted octanol–water partition coefficient (Wildman–Crippen LogP) is 4.58. The number of rotatable bonds is 2. The fourth-order valence-electron chi connectivity index (χ4n) is 4.36. The van der Waals surface area contributed by atoms with Gasteiger partial charge in [0.15, 0.2) is 0 Å². The van der Waals surface area contributed by atoms with Crippen molar-refractivity contribution in [2.24, 2.45) is 5.92 Å². The average Bonchev–Trinajstić information content (AvgIpc) is 3.12. The van der Waals surface area contributed by atoms with Gasteiger partial charge in [0, 0.05) is 26.4 Å². The lowest BCUT2D eigenvalue weighted by molar-refractivity contribution is 0.285. The topological polar surface area (TPSA) is 12.5 Å². The van der Waals surface area contributed by atoms with Crippen molar-refractivity contribution in [3.63, 3.8) is 0 Å². The van der Waals surface area contributed by atoms with Gasteiger partial charge in [-0.05, 0) is 42.6 Å². The van der Waals surface area contributed by atoms with Crippen LogP contribution in [0.2, 0.25) is 0 Å². The lowest BCUT2D eigenvalue weighted by atomic mass is 9.84. The molecule has 2 nitrogen and oxygen atoms in total. The van der Waals surface area contributed by atoms with Crippen LogP contribution in [-0.4, -0.2) is 25.1 Å². The molecule has 3 unspecified atom stereocenters. The van der Waals surface area contributed by atoms with Crippen molar-refractivity contribution >= 4 is 0 Å². The summed E-state index contributed by atoms with van der Waals surface area (Å²) in [5.74, 6) is 2.28. The highest BCUT2D eigenvalue weighted by atomic mass is 16.5. The molecular weight excluding hydrogens is 282 g/mol. The number of hydrogen-bond acceptors (Lipinski definition) is 2. The Morgan fingerprint density at radius 3 is 2.61 bits per heavy atom. The molecule has 0 radical (unpaired) electrons. The minimum Gasteiger partial charge on any atom is -0.493 e. The third kappa shape index (κ3) is 2.55. The van der Waals surface area contributed by atoms with E-state index in [-0.39, 0.29) is 1.43 Å². The number of nitrogens with zero attached hydrogens (tertiary/aromatic N) is 1. The van der Waals surface area contributed by atoms with Gasteiger partial charge in [0.1, 0.15) is 5.75 Å². The molecule has 0 saturated carbocycles. The summed E-state index contributed by atoms with van der Waals surface area (Å²) in [6.45, 7) is 6.50. The maximum atomic E-state index is 5.77. The SMILES string of the molecule is Cc1ccc(C2C(C)C(c3ccc4c(c3)OCC4)CN2C)cc1.[HH]. The quantitative estimate of drug-likeness (QED) is 0.805. The summed E-state index contributed by atoms with van der Waals surface area (Å²) in [6.07, 6.45) is 1.06. The van der Waals surface area contributed by atoms with E-state index in [1.165, 1.54) is 22.3 Å². The minimum atomic E-state index is 0. The minimum absolute atomic E-state index is 0. The average molecular weight is 309 g/mol. The van der Waals surface area contributed by atoms with Gasteiger partial charge < -0.3 is 4.74 Å². The van der Waals surface area contributed by atoms with Gasteiger partial charge >= 0.3 is 0 Å². The van der Waals surface area contributed by atoms with Crippen molar-refractivity contribution in [2.45, 2.75) is 32.2 Å². The molecule has 4 rings (SSSR count). The summed E-state index contributed by atoms with van der Waals surface area (Å²) in [4.78, 5) is 2.51. The zero-order valence-corrected chi connectivity index (χ0v) is 14.3. The maximum absolute atomic E-state index is 5.77. The molecule has 3 atom stereocenters. The Morgan fingerprint density at radius 2 is 1.83 bits per heavy atom. The van der Waals surface area contributed by atoms with E-state index >= 15 is 0 Å². The van der Waals surface area contributed by atoms with E-state index in [2.05, 4.69) is 68.3 Å². The summed E-state index contributed by atoms with van der Waals surface area (Å²) in [5, 5.41) is 0. The second kappa shape index (κ2) is 5.68. The van der Waals surface area contributed by atoms with Crippen molar-refractivity contribution in [3.05, 3.63) is 64.7 Å². The Kier molecular flexibility index (Phi) is 3.65. The maximum Gasteiger partial charge on any atom is 0.122 e. The molecule has 0 aromatic heterocycles. The van der Waals surface area contributed by atoms with E-state index in [0.717, 1.165) is 25.3 Å². The highest BCUT2D eigenvalue weighted by molar-refractivity contribution is 5.42. The largest absolute Gasteiger partial charge is 0.493 e. The van der Waals surface area contributed by atoms with Crippen LogP contribution < -0.4 is 4.74 Å². The first-order chi connectivity index (χ1) is 11.1. The third-order valence-corrected chi connectivity index (χ3v) is 5.66. The second-order valence-corrected chi connectivity index (χ2v) is 7.23. The zero-order valence-electron chi connectivity index (χ0n) is 14.3. The van der Waals surface area contributed by atoms with Crippen molar-refractivity contribution in [3.8, 4) is 5.75 Å². The molecule has 2 heteroatoms. The molecule has 122 valence electrons. The molecule has 2 aliphatic rings. The van der Waals surface area contributed by atoms with Gasteiger partial charge in [0.25, 0.3) is 0 Å². The van der Waals surface area contributed by atoms with Crippen LogP contribution in [-0.2, 0) is 6.42 Å². The summed E-state index contributed by atoms with van der Waals surface area (Å²) in [6, 6.07) is 16.4. The van der Waals surface area contributed by atoms with E-state index in [9.17, 15) is 0 Å². The number of fused-ring (bicyclic) bond motifs is 1. The molecule has 2 aliphatic heterocycles. The van der Waals surface area contributed by atoms with Crippen molar-refractivity contribution in [1.29, 1.82) is 0 Å². The molecular formula is C21H27NO. The Morgan fingerprint density at radius 1 is 1.09 bits per heavy atom. The van der Waals surface area contributed by atoms with E-state index in [1.807, 2.05) is 0 Å². The fraction of sp³-hybridized carbons (Fsp3) is 0.429. The molecule has 2 aromatic carbocycles. The van der Waals surface area contributed by atoms with Crippen LogP contribution in [0.5, 0.6) is 5.75 Å². The first-order valence-corrected chi connectivity index (χ1v) is 8.66. The van der Waals surface area contributed by atoms with Crippen molar-refractivity contribution in [1.82, 2.24) is 4.90 Å². The summed E-state index contributed by atoms with van der Waals surface area (Å²) >= 11 is 0. The van der Waals surface area contributed by atoms with Crippen LogP contribution in [0.1, 0.15) is 42.6 Å². The summed E-state index contributed by atoms with van der Waals surface area (Å²) in [5.41, 5.74) is 5.56. The first kappa shape index (κ1) is 14.8. The first-order valence-electron chi connectivity index (χ1n) is 8.66. The molecule has 2 aromatic rings. The highest BCUT2D eigenvalue weighted by Crippen LogP contribution is 2.45. The molecule has 0 N–H and O–H groups in total. The van der Waals surface area contributed by atoms with Gasteiger partial charge in [-0.2, -0.15) is 0 Å². The lowest BCUT2D eigenvalue weighted by Gasteiger charge is -2.24. The van der Waals surface area contributed by atoms with Gasteiger partial charge in [-0.15, -0.1) is 0 Å². The monoisotopic (exact) mass is 309 g/mol. The van der Waals surface area contributed by atoms with Gasteiger partial charge in [0.05, 0.1) is 6.61 Å². The number of hydrogen-bond donors (Lipinski definition) is 0.